The maximum absolute atomic E-state index is 10.9. The van der Waals surface area contributed by atoms with Gasteiger partial charge in [0.25, 0.3) is 0 Å². The van der Waals surface area contributed by atoms with Crippen molar-refractivity contribution in [2.24, 2.45) is 5.73 Å². The lowest BCUT2D eigenvalue weighted by Crippen LogP contribution is -2.16. The Morgan fingerprint density at radius 1 is 1.25 bits per heavy atom. The number of hydrogen-bond acceptors (Lipinski definition) is 4. The summed E-state index contributed by atoms with van der Waals surface area (Å²) in [6.07, 6.45) is 2.77. The Balaban J connectivity index is 2.13. The van der Waals surface area contributed by atoms with Crippen LogP contribution < -0.4 is 16.2 Å². The van der Waals surface area contributed by atoms with E-state index in [9.17, 15) is 4.79 Å². The number of ether oxygens (including phenoxy) is 1. The van der Waals surface area contributed by atoms with E-state index >= 15 is 0 Å². The minimum absolute atomic E-state index is 0.315. The number of pyridine rings is 1. The molecule has 0 unspecified atom stereocenters. The predicted molar refractivity (Wildman–Crippen MR) is 75.3 cm³/mol. The molecule has 0 saturated heterocycles. The van der Waals surface area contributed by atoms with E-state index in [4.69, 9.17) is 16.2 Å². The highest BCUT2D eigenvalue weighted by atomic mass is 16.5. The van der Waals surface area contributed by atoms with E-state index < -0.39 is 6.09 Å². The van der Waals surface area contributed by atoms with Crippen LogP contribution in [-0.2, 0) is 0 Å². The normalized spacial score (nSPS) is 10.6. The molecule has 1 aromatic carbocycles. The van der Waals surface area contributed by atoms with Crippen LogP contribution in [0.1, 0.15) is 0 Å². The van der Waals surface area contributed by atoms with Crippen molar-refractivity contribution in [1.29, 1.82) is 0 Å². The van der Waals surface area contributed by atoms with Crippen molar-refractivity contribution in [3.63, 3.8) is 0 Å². The molecule has 2 heterocycles. The van der Waals surface area contributed by atoms with Crippen molar-refractivity contribution in [2.75, 3.05) is 5.73 Å². The molecule has 6 heteroatoms. The molecule has 6 nitrogen and oxygen atoms in total. The van der Waals surface area contributed by atoms with Crippen LogP contribution in [0.25, 0.3) is 16.9 Å². The number of carbonyl (C=O) groups excluding carboxylic acids is 1. The van der Waals surface area contributed by atoms with Gasteiger partial charge in [0.05, 0.1) is 5.69 Å². The fourth-order valence-corrected chi connectivity index (χ4v) is 2.01. The molecule has 0 aliphatic heterocycles. The van der Waals surface area contributed by atoms with E-state index in [1.807, 2.05) is 30.6 Å². The molecular formula is C14H12N4O2. The zero-order chi connectivity index (χ0) is 14.1. The molecule has 1 amide bonds. The number of nitrogen functional groups attached to an aromatic ring is 1. The Bertz CT molecular complexity index is 795. The minimum atomic E-state index is -0.869. The second-order valence-corrected chi connectivity index (χ2v) is 4.28. The van der Waals surface area contributed by atoms with Gasteiger partial charge in [0.15, 0.2) is 11.4 Å². The second kappa shape index (κ2) is 4.58. The molecule has 100 valence electrons. The second-order valence-electron chi connectivity index (χ2n) is 4.28. The number of hydrogen-bond donors (Lipinski definition) is 2. The van der Waals surface area contributed by atoms with Gasteiger partial charge in [0, 0.05) is 23.6 Å². The van der Waals surface area contributed by atoms with Gasteiger partial charge in [-0.2, -0.15) is 0 Å². The summed E-state index contributed by atoms with van der Waals surface area (Å²) in [6.45, 7) is 0. The van der Waals surface area contributed by atoms with Gasteiger partial charge in [-0.05, 0) is 24.3 Å². The molecule has 3 rings (SSSR count). The van der Waals surface area contributed by atoms with E-state index in [1.165, 1.54) is 0 Å². The van der Waals surface area contributed by atoms with Gasteiger partial charge in [-0.25, -0.2) is 9.78 Å². The fourth-order valence-electron chi connectivity index (χ4n) is 2.01. The van der Waals surface area contributed by atoms with Crippen LogP contribution in [-0.4, -0.2) is 15.5 Å². The van der Waals surface area contributed by atoms with Crippen molar-refractivity contribution in [3.8, 4) is 17.0 Å². The average molecular weight is 268 g/mol. The Morgan fingerprint density at radius 3 is 2.85 bits per heavy atom. The van der Waals surface area contributed by atoms with E-state index in [1.54, 1.807) is 22.6 Å². The lowest BCUT2D eigenvalue weighted by atomic mass is 10.1. The topological polar surface area (TPSA) is 95.6 Å². The van der Waals surface area contributed by atoms with Crippen molar-refractivity contribution in [2.45, 2.75) is 0 Å². The number of nitrogens with zero attached hydrogens (tertiary/aromatic N) is 2. The SMILES string of the molecule is NC(=O)Oc1cccn2cc(-c3cccc(N)c3)nc12. The summed E-state index contributed by atoms with van der Waals surface area (Å²) in [5, 5.41) is 0. The van der Waals surface area contributed by atoms with Gasteiger partial charge in [0.2, 0.25) is 0 Å². The van der Waals surface area contributed by atoms with Gasteiger partial charge >= 0.3 is 6.09 Å². The highest BCUT2D eigenvalue weighted by Crippen LogP contribution is 2.25. The van der Waals surface area contributed by atoms with Crippen LogP contribution in [0.2, 0.25) is 0 Å². The molecule has 0 aliphatic carbocycles. The molecule has 0 atom stereocenters. The van der Waals surface area contributed by atoms with Crippen LogP contribution in [0, 0.1) is 0 Å². The number of fused-ring (bicyclic) bond motifs is 1. The van der Waals surface area contributed by atoms with Gasteiger partial charge < -0.3 is 20.6 Å². The van der Waals surface area contributed by atoms with Gasteiger partial charge in [-0.15, -0.1) is 0 Å². The van der Waals surface area contributed by atoms with Crippen molar-refractivity contribution in [1.82, 2.24) is 9.38 Å². The third kappa shape index (κ3) is 2.14. The monoisotopic (exact) mass is 268 g/mol. The number of anilines is 1. The molecule has 0 saturated carbocycles. The zero-order valence-electron chi connectivity index (χ0n) is 10.5. The number of primary amides is 1. The number of rotatable bonds is 2. The zero-order valence-corrected chi connectivity index (χ0v) is 10.5. The van der Waals surface area contributed by atoms with Crippen molar-refractivity contribution < 1.29 is 9.53 Å². The van der Waals surface area contributed by atoms with Crippen molar-refractivity contribution >= 4 is 17.4 Å². The molecule has 4 N–H and O–H groups in total. The molecule has 20 heavy (non-hydrogen) atoms. The number of aromatic nitrogens is 2. The maximum atomic E-state index is 10.9. The van der Waals surface area contributed by atoms with Crippen molar-refractivity contribution in [3.05, 3.63) is 48.8 Å². The Kier molecular flexibility index (Phi) is 2.76. The molecule has 0 bridgehead atoms. The number of nitrogens with two attached hydrogens (primary N) is 2. The maximum Gasteiger partial charge on any atom is 0.410 e. The number of carbonyl (C=O) groups is 1. The van der Waals surface area contributed by atoms with E-state index in [0.717, 1.165) is 11.3 Å². The Morgan fingerprint density at radius 2 is 2.10 bits per heavy atom. The van der Waals surface area contributed by atoms with E-state index in [2.05, 4.69) is 4.98 Å². The number of amides is 1. The summed E-state index contributed by atoms with van der Waals surface area (Å²) in [6, 6.07) is 10.8. The lowest BCUT2D eigenvalue weighted by molar-refractivity contribution is 0.211. The third-order valence-electron chi connectivity index (χ3n) is 2.84. The highest BCUT2D eigenvalue weighted by Gasteiger charge is 2.10. The highest BCUT2D eigenvalue weighted by molar-refractivity contribution is 5.73. The number of benzene rings is 1. The predicted octanol–water partition coefficient (Wildman–Crippen LogP) is 2.04. The summed E-state index contributed by atoms with van der Waals surface area (Å²) in [5.74, 6) is 0.315. The van der Waals surface area contributed by atoms with Crippen LogP contribution in [0.4, 0.5) is 10.5 Å². The summed E-state index contributed by atoms with van der Waals surface area (Å²) < 4.78 is 6.69. The largest absolute Gasteiger partial charge is 0.410 e. The molecular weight excluding hydrogens is 256 g/mol. The van der Waals surface area contributed by atoms with Crippen LogP contribution in [0.3, 0.4) is 0 Å². The minimum Gasteiger partial charge on any atom is -0.406 e. The van der Waals surface area contributed by atoms with Crippen LogP contribution >= 0.6 is 0 Å². The number of imidazole rings is 1. The summed E-state index contributed by atoms with van der Waals surface area (Å²) >= 11 is 0. The first-order valence-electron chi connectivity index (χ1n) is 5.94. The molecule has 0 fully saturated rings. The molecule has 0 aliphatic rings. The van der Waals surface area contributed by atoms with Gasteiger partial charge in [-0.1, -0.05) is 12.1 Å². The molecule has 0 radical (unpaired) electrons. The molecule has 3 aromatic rings. The average Bonchev–Trinajstić information content (AvgIpc) is 2.83. The molecule has 0 spiro atoms. The van der Waals surface area contributed by atoms with Crippen LogP contribution in [0.15, 0.2) is 48.8 Å². The Hall–Kier alpha value is -3.02. The smallest absolute Gasteiger partial charge is 0.406 e. The first-order chi connectivity index (χ1) is 9.63. The van der Waals surface area contributed by atoms with Crippen LogP contribution in [0.5, 0.6) is 5.75 Å². The first kappa shape index (κ1) is 12.0. The van der Waals surface area contributed by atoms with E-state index in [0.29, 0.717) is 17.1 Å². The lowest BCUT2D eigenvalue weighted by Gasteiger charge is -2.01. The van der Waals surface area contributed by atoms with E-state index in [-0.39, 0.29) is 0 Å². The quantitative estimate of drug-likeness (QED) is 0.695. The molecule has 2 aromatic heterocycles. The van der Waals surface area contributed by atoms with Gasteiger partial charge in [-0.3, -0.25) is 0 Å². The summed E-state index contributed by atoms with van der Waals surface area (Å²) in [5.41, 5.74) is 13.6. The van der Waals surface area contributed by atoms with Gasteiger partial charge in [0.1, 0.15) is 0 Å². The summed E-state index contributed by atoms with van der Waals surface area (Å²) in [7, 11) is 0. The Labute approximate surface area is 114 Å². The standard InChI is InChI=1S/C14H12N4O2/c15-10-4-1-3-9(7-10)11-8-18-6-2-5-12(13(18)17-11)20-14(16)19/h1-8H,15H2,(H2,16,19). The fraction of sp³-hybridized carbons (Fsp3) is 0. The third-order valence-corrected chi connectivity index (χ3v) is 2.84. The first-order valence-corrected chi connectivity index (χ1v) is 5.94. The summed E-state index contributed by atoms with van der Waals surface area (Å²) in [4.78, 5) is 15.3.